The third-order valence-corrected chi connectivity index (χ3v) is 5.89. The molecule has 0 saturated carbocycles. The Morgan fingerprint density at radius 1 is 1.20 bits per heavy atom. The molecular weight excluding hydrogens is 404 g/mol. The van der Waals surface area contributed by atoms with E-state index in [1.54, 1.807) is 25.2 Å². The summed E-state index contributed by atoms with van der Waals surface area (Å²) in [5.41, 5.74) is 0.490. The van der Waals surface area contributed by atoms with Crippen molar-refractivity contribution in [3.05, 3.63) is 34.9 Å². The average Bonchev–Trinajstić information content (AvgIpc) is 2.79. The van der Waals surface area contributed by atoms with Crippen LogP contribution in [-0.4, -0.2) is 75.4 Å². The molecule has 2 fully saturated rings. The molecule has 1 unspecified atom stereocenters. The van der Waals surface area contributed by atoms with Crippen molar-refractivity contribution in [3.63, 3.8) is 0 Å². The number of nitrogens with one attached hydrogen (secondary N) is 2. The van der Waals surface area contributed by atoms with Crippen LogP contribution in [0.2, 0.25) is 5.02 Å². The number of ether oxygens (including phenoxy) is 2. The fourth-order valence-electron chi connectivity index (χ4n) is 3.84. The molecule has 1 aromatic carbocycles. The van der Waals surface area contributed by atoms with Gasteiger partial charge >= 0.3 is 0 Å². The van der Waals surface area contributed by atoms with E-state index in [9.17, 15) is 4.79 Å². The summed E-state index contributed by atoms with van der Waals surface area (Å²) in [5, 5.41) is 6.67. The molecule has 8 heteroatoms. The number of hydrogen-bond acceptors (Lipinski definition) is 4. The van der Waals surface area contributed by atoms with Crippen LogP contribution in [0.3, 0.4) is 0 Å². The number of guanidine groups is 1. The van der Waals surface area contributed by atoms with Crippen LogP contribution in [0.4, 0.5) is 0 Å². The average molecular weight is 437 g/mol. The second-order valence-electron chi connectivity index (χ2n) is 7.72. The monoisotopic (exact) mass is 436 g/mol. The molecule has 1 aromatic rings. The van der Waals surface area contributed by atoms with E-state index in [0.717, 1.165) is 44.9 Å². The number of carbonyl (C=O) groups excluding carboxylic acids is 1. The summed E-state index contributed by atoms with van der Waals surface area (Å²) in [4.78, 5) is 18.8. The number of piperidine rings is 1. The van der Waals surface area contributed by atoms with E-state index in [-0.39, 0.29) is 12.0 Å². The Labute approximate surface area is 184 Å². The minimum atomic E-state index is -0.169. The van der Waals surface area contributed by atoms with Crippen molar-refractivity contribution in [1.82, 2.24) is 15.5 Å². The summed E-state index contributed by atoms with van der Waals surface area (Å²) < 4.78 is 11.8. The number of halogens is 1. The van der Waals surface area contributed by atoms with Gasteiger partial charge < -0.3 is 25.0 Å². The third kappa shape index (κ3) is 6.86. The molecule has 0 radical (unpaired) electrons. The molecule has 2 N–H and O–H groups in total. The van der Waals surface area contributed by atoms with Crippen LogP contribution in [0.1, 0.15) is 42.5 Å². The molecule has 2 saturated heterocycles. The van der Waals surface area contributed by atoms with E-state index in [1.165, 1.54) is 12.8 Å². The van der Waals surface area contributed by atoms with Crippen LogP contribution in [0, 0.1) is 0 Å². The molecule has 7 nitrogen and oxygen atoms in total. The van der Waals surface area contributed by atoms with Crippen LogP contribution in [0.15, 0.2) is 29.3 Å². The lowest BCUT2D eigenvalue weighted by Crippen LogP contribution is -2.48. The van der Waals surface area contributed by atoms with Crippen molar-refractivity contribution in [2.75, 3.05) is 46.4 Å². The van der Waals surface area contributed by atoms with Crippen molar-refractivity contribution < 1.29 is 14.3 Å². The molecule has 30 heavy (non-hydrogen) atoms. The molecule has 166 valence electrons. The number of hydrogen-bond donors (Lipinski definition) is 2. The lowest BCUT2D eigenvalue weighted by Gasteiger charge is -2.35. The highest BCUT2D eigenvalue weighted by Crippen LogP contribution is 2.18. The van der Waals surface area contributed by atoms with E-state index in [4.69, 9.17) is 21.1 Å². The van der Waals surface area contributed by atoms with Gasteiger partial charge in [-0.15, -0.1) is 0 Å². The first-order valence-electron chi connectivity index (χ1n) is 10.9. The maximum atomic E-state index is 12.2. The van der Waals surface area contributed by atoms with Gasteiger partial charge in [-0.2, -0.15) is 0 Å². The quantitative estimate of drug-likeness (QED) is 0.390. The van der Waals surface area contributed by atoms with Gasteiger partial charge in [-0.25, -0.2) is 0 Å². The van der Waals surface area contributed by atoms with Crippen LogP contribution >= 0.6 is 11.6 Å². The molecule has 3 rings (SSSR count). The largest absolute Gasteiger partial charge is 0.376 e. The molecule has 2 aliphatic rings. The summed E-state index contributed by atoms with van der Waals surface area (Å²) in [5.74, 6) is 0.688. The maximum absolute atomic E-state index is 12.2. The summed E-state index contributed by atoms with van der Waals surface area (Å²) in [6.07, 6.45) is 6.06. The predicted octanol–water partition coefficient (Wildman–Crippen LogP) is 2.70. The predicted molar refractivity (Wildman–Crippen MR) is 119 cm³/mol. The Kier molecular flexibility index (Phi) is 9.24. The first-order valence-corrected chi connectivity index (χ1v) is 11.3. The van der Waals surface area contributed by atoms with Crippen molar-refractivity contribution >= 4 is 23.5 Å². The molecule has 0 aromatic heterocycles. The zero-order chi connectivity index (χ0) is 21.2. The van der Waals surface area contributed by atoms with Gasteiger partial charge in [-0.1, -0.05) is 23.7 Å². The second kappa shape index (κ2) is 12.1. The van der Waals surface area contributed by atoms with Gasteiger partial charge in [-0.3, -0.25) is 9.79 Å². The Morgan fingerprint density at radius 3 is 2.67 bits per heavy atom. The molecule has 2 aliphatic heterocycles. The van der Waals surface area contributed by atoms with Crippen molar-refractivity contribution in [2.45, 2.75) is 44.3 Å². The lowest BCUT2D eigenvalue weighted by atomic mass is 10.1. The van der Waals surface area contributed by atoms with Gasteiger partial charge in [0.2, 0.25) is 0 Å². The second-order valence-corrected chi connectivity index (χ2v) is 8.13. The standard InChI is InChI=1S/C22H33ClN4O3/c1-24-22(26-12-11-25-21(28)19-7-2-3-8-20(19)23)27-13-9-17(10-14-27)30-16-18-6-4-5-15-29-18/h2-3,7-8,17-18H,4-6,9-16H2,1H3,(H,24,26)(H,25,28). The number of likely N-dealkylation sites (tertiary alicyclic amines) is 1. The van der Waals surface area contributed by atoms with E-state index >= 15 is 0 Å². The third-order valence-electron chi connectivity index (χ3n) is 5.56. The van der Waals surface area contributed by atoms with Crippen LogP contribution < -0.4 is 10.6 Å². The number of carbonyl (C=O) groups is 1. The molecule has 0 bridgehead atoms. The van der Waals surface area contributed by atoms with E-state index < -0.39 is 0 Å². The lowest BCUT2D eigenvalue weighted by molar-refractivity contribution is -0.0721. The molecular formula is C22H33ClN4O3. The summed E-state index contributed by atoms with van der Waals surface area (Å²) >= 11 is 6.07. The number of nitrogens with zero attached hydrogens (tertiary/aromatic N) is 2. The Bertz CT molecular complexity index is 701. The fourth-order valence-corrected chi connectivity index (χ4v) is 4.06. The Morgan fingerprint density at radius 2 is 1.97 bits per heavy atom. The van der Waals surface area contributed by atoms with Crippen LogP contribution in [0.25, 0.3) is 0 Å². The summed E-state index contributed by atoms with van der Waals surface area (Å²) in [6.45, 7) is 4.47. The Hall–Kier alpha value is -1.83. The van der Waals surface area contributed by atoms with Crippen LogP contribution in [0.5, 0.6) is 0 Å². The fraction of sp³-hybridized carbons (Fsp3) is 0.636. The number of benzene rings is 1. The van der Waals surface area contributed by atoms with Crippen molar-refractivity contribution in [3.8, 4) is 0 Å². The zero-order valence-corrected chi connectivity index (χ0v) is 18.5. The zero-order valence-electron chi connectivity index (χ0n) is 17.7. The molecule has 1 atom stereocenters. The highest BCUT2D eigenvalue weighted by molar-refractivity contribution is 6.33. The highest BCUT2D eigenvalue weighted by atomic mass is 35.5. The molecule has 0 aliphatic carbocycles. The number of amides is 1. The van der Waals surface area contributed by atoms with E-state index in [2.05, 4.69) is 20.5 Å². The molecule has 2 heterocycles. The summed E-state index contributed by atoms with van der Waals surface area (Å²) in [6, 6.07) is 7.04. The van der Waals surface area contributed by atoms with E-state index in [1.807, 2.05) is 6.07 Å². The van der Waals surface area contributed by atoms with Crippen molar-refractivity contribution in [2.24, 2.45) is 4.99 Å². The van der Waals surface area contributed by atoms with Gasteiger partial charge in [0.25, 0.3) is 5.91 Å². The van der Waals surface area contributed by atoms with Crippen molar-refractivity contribution in [1.29, 1.82) is 0 Å². The molecule has 0 spiro atoms. The maximum Gasteiger partial charge on any atom is 0.252 e. The van der Waals surface area contributed by atoms with Gasteiger partial charge in [0, 0.05) is 39.8 Å². The van der Waals surface area contributed by atoms with Gasteiger partial charge in [0.15, 0.2) is 5.96 Å². The van der Waals surface area contributed by atoms with Gasteiger partial charge in [0.1, 0.15) is 0 Å². The number of rotatable bonds is 7. The molecule has 1 amide bonds. The highest BCUT2D eigenvalue weighted by Gasteiger charge is 2.23. The van der Waals surface area contributed by atoms with Gasteiger partial charge in [0.05, 0.1) is 29.4 Å². The first-order chi connectivity index (χ1) is 14.7. The van der Waals surface area contributed by atoms with E-state index in [0.29, 0.717) is 36.4 Å². The first kappa shape index (κ1) is 22.8. The SMILES string of the molecule is CN=C(NCCNC(=O)c1ccccc1Cl)N1CCC(OCC2CCCCO2)CC1. The Balaban J connectivity index is 1.32. The van der Waals surface area contributed by atoms with Gasteiger partial charge in [-0.05, 0) is 44.2 Å². The number of aliphatic imine (C=N–C) groups is 1. The summed E-state index contributed by atoms with van der Waals surface area (Å²) in [7, 11) is 1.79. The minimum absolute atomic E-state index is 0.169. The van der Waals surface area contributed by atoms with Crippen LogP contribution in [-0.2, 0) is 9.47 Å². The minimum Gasteiger partial charge on any atom is -0.376 e. The topological polar surface area (TPSA) is 75.2 Å². The smallest absolute Gasteiger partial charge is 0.252 e. The normalized spacial score (nSPS) is 20.8.